The monoisotopic (exact) mass is 685 g/mol. The minimum atomic E-state index is -0.0947. The third-order valence-corrected chi connectivity index (χ3v) is 9.22. The number of esters is 4. The van der Waals surface area contributed by atoms with E-state index in [-0.39, 0.29) is 23.9 Å². The van der Waals surface area contributed by atoms with Crippen molar-refractivity contribution in [2.75, 3.05) is 27.4 Å². The van der Waals surface area contributed by atoms with E-state index in [1.165, 1.54) is 104 Å². The molecule has 0 heterocycles. The van der Waals surface area contributed by atoms with Crippen molar-refractivity contribution in [3.63, 3.8) is 0 Å². The first kappa shape index (κ1) is 48.0. The van der Waals surface area contributed by atoms with Crippen molar-refractivity contribution in [3.05, 3.63) is 0 Å². The minimum Gasteiger partial charge on any atom is -0.469 e. The van der Waals surface area contributed by atoms with E-state index in [2.05, 4.69) is 18.6 Å². The molecule has 0 amide bonds. The van der Waals surface area contributed by atoms with Crippen LogP contribution in [0.4, 0.5) is 0 Å². The van der Waals surface area contributed by atoms with Crippen molar-refractivity contribution >= 4 is 23.9 Å². The summed E-state index contributed by atoms with van der Waals surface area (Å²) in [4.78, 5) is 44.7. The molecule has 0 bridgehead atoms. The zero-order valence-electron chi connectivity index (χ0n) is 32.2. The number of carbonyl (C=O) groups is 4. The van der Waals surface area contributed by atoms with Gasteiger partial charge in [-0.05, 0) is 51.4 Å². The molecule has 0 spiro atoms. The van der Waals surface area contributed by atoms with Gasteiger partial charge in [-0.25, -0.2) is 0 Å². The van der Waals surface area contributed by atoms with Gasteiger partial charge in [-0.15, -0.1) is 0 Å². The molecule has 0 saturated carbocycles. The molecule has 0 fully saturated rings. The standard InChI is InChI=1S/C21H40O4.C19H36O4/c1-4-19(17-18-21(23)25-6-3)15-13-11-9-7-8-10-12-14-16-20(22)24-5-2;1-4-17(15-16-19(21)23-3)13-11-9-7-5-6-8-10-12-14-18(20)22-2/h19H,4-18H2,1-3H3;17H,4-16H2,1-3H3. The lowest BCUT2D eigenvalue weighted by atomic mass is 9.93. The van der Waals surface area contributed by atoms with Crippen LogP contribution < -0.4 is 0 Å². The molecule has 284 valence electrons. The van der Waals surface area contributed by atoms with E-state index in [0.717, 1.165) is 51.4 Å². The van der Waals surface area contributed by atoms with Crippen molar-refractivity contribution in [2.45, 2.75) is 195 Å². The Morgan fingerprint density at radius 3 is 1.02 bits per heavy atom. The average Bonchev–Trinajstić information content (AvgIpc) is 3.09. The van der Waals surface area contributed by atoms with Gasteiger partial charge in [0.1, 0.15) is 0 Å². The lowest BCUT2D eigenvalue weighted by Gasteiger charge is -2.14. The second-order valence-corrected chi connectivity index (χ2v) is 13.1. The highest BCUT2D eigenvalue weighted by Crippen LogP contribution is 2.21. The SMILES string of the molecule is CCC(CCCCCCCCCCC(=O)OC)CCC(=O)OC.CCOC(=O)CCCCCCCCCCC(CC)CCC(=O)OCC. The van der Waals surface area contributed by atoms with Crippen LogP contribution in [-0.2, 0) is 38.1 Å². The maximum absolute atomic E-state index is 11.4. The van der Waals surface area contributed by atoms with Gasteiger partial charge in [0, 0.05) is 25.7 Å². The topological polar surface area (TPSA) is 105 Å². The summed E-state index contributed by atoms with van der Waals surface area (Å²) in [6.45, 7) is 9.10. The number of hydrogen-bond acceptors (Lipinski definition) is 8. The molecule has 2 unspecified atom stereocenters. The van der Waals surface area contributed by atoms with Crippen LogP contribution in [0, 0.1) is 11.8 Å². The number of hydrogen-bond donors (Lipinski definition) is 0. The van der Waals surface area contributed by atoms with E-state index in [0.29, 0.717) is 50.7 Å². The van der Waals surface area contributed by atoms with Gasteiger partial charge in [-0.1, -0.05) is 129 Å². The van der Waals surface area contributed by atoms with Crippen molar-refractivity contribution in [3.8, 4) is 0 Å². The van der Waals surface area contributed by atoms with Crippen LogP contribution in [0.1, 0.15) is 195 Å². The van der Waals surface area contributed by atoms with Gasteiger partial charge in [0.25, 0.3) is 0 Å². The molecular formula is C40H76O8. The van der Waals surface area contributed by atoms with Crippen LogP contribution >= 0.6 is 0 Å². The fourth-order valence-corrected chi connectivity index (χ4v) is 5.95. The molecule has 0 saturated heterocycles. The highest BCUT2D eigenvalue weighted by molar-refractivity contribution is 5.70. The van der Waals surface area contributed by atoms with Crippen LogP contribution in [0.25, 0.3) is 0 Å². The van der Waals surface area contributed by atoms with Gasteiger partial charge in [-0.3, -0.25) is 19.2 Å². The summed E-state index contributed by atoms with van der Waals surface area (Å²) in [5.41, 5.74) is 0. The van der Waals surface area contributed by atoms with Crippen molar-refractivity contribution < 1.29 is 38.1 Å². The Balaban J connectivity index is 0. The van der Waals surface area contributed by atoms with Crippen LogP contribution in [0.2, 0.25) is 0 Å². The summed E-state index contributed by atoms with van der Waals surface area (Å²) < 4.78 is 19.2. The first-order valence-electron chi connectivity index (χ1n) is 19.7. The van der Waals surface area contributed by atoms with E-state index in [1.54, 1.807) is 0 Å². The summed E-state index contributed by atoms with van der Waals surface area (Å²) >= 11 is 0. The Bertz CT molecular complexity index is 754. The molecule has 2 atom stereocenters. The molecular weight excluding hydrogens is 608 g/mol. The number of carbonyl (C=O) groups excluding carboxylic acids is 4. The smallest absolute Gasteiger partial charge is 0.305 e. The first-order chi connectivity index (χ1) is 23.3. The molecule has 0 aliphatic rings. The first-order valence-corrected chi connectivity index (χ1v) is 19.7. The van der Waals surface area contributed by atoms with Gasteiger partial charge in [0.2, 0.25) is 0 Å². The molecule has 0 radical (unpaired) electrons. The van der Waals surface area contributed by atoms with Crippen molar-refractivity contribution in [2.24, 2.45) is 11.8 Å². The Labute approximate surface area is 295 Å². The van der Waals surface area contributed by atoms with Crippen molar-refractivity contribution in [1.29, 1.82) is 0 Å². The fourth-order valence-electron chi connectivity index (χ4n) is 5.95. The molecule has 0 aromatic rings. The molecule has 0 aromatic heterocycles. The third-order valence-electron chi connectivity index (χ3n) is 9.22. The zero-order chi connectivity index (χ0) is 36.1. The average molecular weight is 685 g/mol. The van der Waals surface area contributed by atoms with E-state index in [4.69, 9.17) is 14.2 Å². The number of ether oxygens (including phenoxy) is 4. The fraction of sp³-hybridized carbons (Fsp3) is 0.900. The van der Waals surface area contributed by atoms with Gasteiger partial charge in [0.15, 0.2) is 0 Å². The van der Waals surface area contributed by atoms with Crippen LogP contribution in [-0.4, -0.2) is 51.3 Å². The predicted octanol–water partition coefficient (Wildman–Crippen LogP) is 10.9. The minimum absolute atomic E-state index is 0.0519. The third kappa shape index (κ3) is 35.2. The molecule has 48 heavy (non-hydrogen) atoms. The van der Waals surface area contributed by atoms with Gasteiger partial charge in [-0.2, -0.15) is 0 Å². The number of methoxy groups -OCH3 is 2. The molecule has 0 aliphatic carbocycles. The maximum atomic E-state index is 11.4. The van der Waals surface area contributed by atoms with Gasteiger partial charge in [0.05, 0.1) is 27.4 Å². The Morgan fingerprint density at radius 2 is 0.667 bits per heavy atom. The second kappa shape index (κ2) is 37.7. The molecule has 8 nitrogen and oxygen atoms in total. The van der Waals surface area contributed by atoms with E-state index in [9.17, 15) is 19.2 Å². The molecule has 8 heteroatoms. The van der Waals surface area contributed by atoms with Gasteiger partial charge < -0.3 is 18.9 Å². The highest BCUT2D eigenvalue weighted by Gasteiger charge is 2.11. The number of rotatable bonds is 32. The van der Waals surface area contributed by atoms with Crippen LogP contribution in [0.3, 0.4) is 0 Å². The zero-order valence-corrected chi connectivity index (χ0v) is 32.2. The second-order valence-electron chi connectivity index (χ2n) is 13.1. The highest BCUT2D eigenvalue weighted by atomic mass is 16.5. The maximum Gasteiger partial charge on any atom is 0.305 e. The Kier molecular flexibility index (Phi) is 37.7. The van der Waals surface area contributed by atoms with Crippen LogP contribution in [0.5, 0.6) is 0 Å². The summed E-state index contributed by atoms with van der Waals surface area (Å²) in [5, 5.41) is 0. The van der Waals surface area contributed by atoms with E-state index in [1.807, 2.05) is 13.8 Å². The van der Waals surface area contributed by atoms with Gasteiger partial charge >= 0.3 is 23.9 Å². The lowest BCUT2D eigenvalue weighted by molar-refractivity contribution is -0.144. The van der Waals surface area contributed by atoms with E-state index >= 15 is 0 Å². The largest absolute Gasteiger partial charge is 0.469 e. The summed E-state index contributed by atoms with van der Waals surface area (Å²) in [6.07, 6.45) is 28.4. The molecule has 0 N–H and O–H groups in total. The summed E-state index contributed by atoms with van der Waals surface area (Å²) in [6, 6.07) is 0. The Hall–Kier alpha value is -2.12. The molecule has 0 rings (SSSR count). The van der Waals surface area contributed by atoms with Crippen LogP contribution in [0.15, 0.2) is 0 Å². The van der Waals surface area contributed by atoms with E-state index < -0.39 is 0 Å². The molecule has 0 aromatic carbocycles. The quantitative estimate of drug-likeness (QED) is 0.0391. The lowest BCUT2D eigenvalue weighted by Crippen LogP contribution is -2.07. The number of unbranched alkanes of at least 4 members (excludes halogenated alkanes) is 14. The molecule has 0 aliphatic heterocycles. The summed E-state index contributed by atoms with van der Waals surface area (Å²) in [5.74, 6) is 1.03. The van der Waals surface area contributed by atoms with Crippen molar-refractivity contribution in [1.82, 2.24) is 0 Å². The normalized spacial score (nSPS) is 12.0. The predicted molar refractivity (Wildman–Crippen MR) is 196 cm³/mol. The Morgan fingerprint density at radius 1 is 0.375 bits per heavy atom. The summed E-state index contributed by atoms with van der Waals surface area (Å²) in [7, 11) is 2.90.